The van der Waals surface area contributed by atoms with Gasteiger partial charge < -0.3 is 10.1 Å². The van der Waals surface area contributed by atoms with E-state index in [4.69, 9.17) is 4.74 Å². The predicted molar refractivity (Wildman–Crippen MR) is 130 cm³/mol. The molecule has 1 aromatic carbocycles. The van der Waals surface area contributed by atoms with Crippen LogP contribution in [0.1, 0.15) is 42.5 Å². The third-order valence-corrected chi connectivity index (χ3v) is 9.87. The molecule has 180 valence electrons. The van der Waals surface area contributed by atoms with Crippen LogP contribution >= 0.6 is 11.3 Å². The summed E-state index contributed by atoms with van der Waals surface area (Å²) in [5.41, 5.74) is 1.18. The van der Waals surface area contributed by atoms with Crippen molar-refractivity contribution in [1.29, 1.82) is 0 Å². The van der Waals surface area contributed by atoms with Gasteiger partial charge in [0.15, 0.2) is 0 Å². The normalized spacial score (nSPS) is 18.8. The van der Waals surface area contributed by atoms with Gasteiger partial charge in [-0.3, -0.25) is 9.69 Å². The Kier molecular flexibility index (Phi) is 8.06. The number of carbonyl (C=O) groups excluding carboxylic acids is 1. The molecule has 2 aliphatic rings. The standard InChI is InChI=1S/C24H33N3O4S2/c1-31-22-8-4-3-7-19(22)18-26-15-11-20(12-16-26)25-23(28)17-21-9-10-24(32-21)33(29,30)27-13-5-2-6-14-27/h3-4,7-10,20H,2,5-6,11-18H2,1H3,(H,25,28). The molecule has 0 saturated carbocycles. The quantitative estimate of drug-likeness (QED) is 0.613. The van der Waals surface area contributed by atoms with E-state index in [0.29, 0.717) is 17.3 Å². The van der Waals surface area contributed by atoms with Gasteiger partial charge in [-0.15, -0.1) is 11.3 Å². The first kappa shape index (κ1) is 24.2. The van der Waals surface area contributed by atoms with Crippen LogP contribution in [0.4, 0.5) is 0 Å². The fourth-order valence-electron chi connectivity index (χ4n) is 4.57. The first-order valence-electron chi connectivity index (χ1n) is 11.7. The smallest absolute Gasteiger partial charge is 0.252 e. The Bertz CT molecular complexity index is 1040. The second-order valence-electron chi connectivity index (χ2n) is 8.79. The molecule has 2 fully saturated rings. The van der Waals surface area contributed by atoms with Crippen molar-refractivity contribution in [3.05, 3.63) is 46.8 Å². The number of sulfonamides is 1. The molecule has 4 rings (SSSR count). The van der Waals surface area contributed by atoms with Gasteiger partial charge in [0, 0.05) is 49.2 Å². The lowest BCUT2D eigenvalue weighted by molar-refractivity contribution is -0.121. The largest absolute Gasteiger partial charge is 0.496 e. The van der Waals surface area contributed by atoms with E-state index >= 15 is 0 Å². The number of nitrogens with zero attached hydrogens (tertiary/aromatic N) is 2. The summed E-state index contributed by atoms with van der Waals surface area (Å²) >= 11 is 1.22. The number of methoxy groups -OCH3 is 1. The lowest BCUT2D eigenvalue weighted by Gasteiger charge is -2.32. The van der Waals surface area contributed by atoms with E-state index in [-0.39, 0.29) is 18.4 Å². The van der Waals surface area contributed by atoms with E-state index < -0.39 is 10.0 Å². The monoisotopic (exact) mass is 491 g/mol. The van der Waals surface area contributed by atoms with Gasteiger partial charge in [0.2, 0.25) is 5.91 Å². The highest BCUT2D eigenvalue weighted by molar-refractivity contribution is 7.91. The van der Waals surface area contributed by atoms with Crippen molar-refractivity contribution in [3.63, 3.8) is 0 Å². The van der Waals surface area contributed by atoms with Crippen molar-refractivity contribution in [2.75, 3.05) is 33.3 Å². The van der Waals surface area contributed by atoms with Gasteiger partial charge in [-0.05, 0) is 43.9 Å². The van der Waals surface area contributed by atoms with Crippen LogP contribution in [0.15, 0.2) is 40.6 Å². The molecular formula is C24H33N3O4S2. The van der Waals surface area contributed by atoms with Crippen molar-refractivity contribution >= 4 is 27.3 Å². The summed E-state index contributed by atoms with van der Waals surface area (Å²) in [6.45, 7) is 3.85. The van der Waals surface area contributed by atoms with Gasteiger partial charge >= 0.3 is 0 Å². The lowest BCUT2D eigenvalue weighted by atomic mass is 10.0. The van der Waals surface area contributed by atoms with Crippen LogP contribution < -0.4 is 10.1 Å². The van der Waals surface area contributed by atoms with E-state index in [0.717, 1.165) is 62.4 Å². The molecule has 2 aliphatic heterocycles. The number of ether oxygens (including phenoxy) is 1. The number of hydrogen-bond acceptors (Lipinski definition) is 6. The average molecular weight is 492 g/mol. The molecule has 1 aromatic heterocycles. The maximum absolute atomic E-state index is 12.8. The van der Waals surface area contributed by atoms with E-state index in [1.54, 1.807) is 23.5 Å². The minimum absolute atomic E-state index is 0.0399. The molecule has 0 aliphatic carbocycles. The van der Waals surface area contributed by atoms with Crippen LogP contribution in [0.3, 0.4) is 0 Å². The van der Waals surface area contributed by atoms with Crippen LogP contribution in [0.5, 0.6) is 5.75 Å². The number of carbonyl (C=O) groups is 1. The van der Waals surface area contributed by atoms with E-state index in [9.17, 15) is 13.2 Å². The number of nitrogens with one attached hydrogen (secondary N) is 1. The van der Waals surface area contributed by atoms with Crippen LogP contribution in [0.25, 0.3) is 0 Å². The number of amides is 1. The van der Waals surface area contributed by atoms with E-state index in [2.05, 4.69) is 16.3 Å². The minimum atomic E-state index is -3.44. The third kappa shape index (κ3) is 6.15. The molecule has 1 N–H and O–H groups in total. The fraction of sp³-hybridized carbons (Fsp3) is 0.542. The summed E-state index contributed by atoms with van der Waals surface area (Å²) in [4.78, 5) is 15.8. The number of para-hydroxylation sites is 1. The maximum atomic E-state index is 12.8. The SMILES string of the molecule is COc1ccccc1CN1CCC(NC(=O)Cc2ccc(S(=O)(=O)N3CCCCC3)s2)CC1. The van der Waals surface area contributed by atoms with Crippen molar-refractivity contribution in [2.45, 2.75) is 55.3 Å². The number of benzene rings is 1. The highest BCUT2D eigenvalue weighted by Gasteiger charge is 2.28. The van der Waals surface area contributed by atoms with Gasteiger partial charge in [0.1, 0.15) is 9.96 Å². The van der Waals surface area contributed by atoms with Crippen molar-refractivity contribution in [3.8, 4) is 5.75 Å². The Morgan fingerprint density at radius 1 is 1.06 bits per heavy atom. The second kappa shape index (κ2) is 11.0. The zero-order chi connectivity index (χ0) is 23.3. The summed E-state index contributed by atoms with van der Waals surface area (Å²) in [5, 5.41) is 3.14. The zero-order valence-corrected chi connectivity index (χ0v) is 20.8. The number of piperidine rings is 2. The van der Waals surface area contributed by atoms with E-state index in [1.807, 2.05) is 18.2 Å². The van der Waals surface area contributed by atoms with Gasteiger partial charge in [0.05, 0.1) is 13.5 Å². The highest BCUT2D eigenvalue weighted by Crippen LogP contribution is 2.27. The molecule has 3 heterocycles. The van der Waals surface area contributed by atoms with Gasteiger partial charge in [0.25, 0.3) is 10.0 Å². The molecule has 9 heteroatoms. The minimum Gasteiger partial charge on any atom is -0.496 e. The number of likely N-dealkylation sites (tertiary alicyclic amines) is 1. The highest BCUT2D eigenvalue weighted by atomic mass is 32.2. The number of rotatable bonds is 8. The topological polar surface area (TPSA) is 79.0 Å². The first-order chi connectivity index (χ1) is 16.0. The lowest BCUT2D eigenvalue weighted by Crippen LogP contribution is -2.44. The average Bonchev–Trinajstić information content (AvgIpc) is 3.30. The van der Waals surface area contributed by atoms with E-state index in [1.165, 1.54) is 16.9 Å². The molecule has 7 nitrogen and oxygen atoms in total. The molecule has 1 amide bonds. The molecule has 2 saturated heterocycles. The Morgan fingerprint density at radius 3 is 2.52 bits per heavy atom. The molecule has 0 radical (unpaired) electrons. The molecule has 33 heavy (non-hydrogen) atoms. The predicted octanol–water partition coefficient (Wildman–Crippen LogP) is 3.25. The summed E-state index contributed by atoms with van der Waals surface area (Å²) in [6.07, 6.45) is 4.94. The van der Waals surface area contributed by atoms with Gasteiger partial charge in [-0.1, -0.05) is 24.6 Å². The van der Waals surface area contributed by atoms with Gasteiger partial charge in [-0.2, -0.15) is 4.31 Å². The number of thiophene rings is 1. The first-order valence-corrected chi connectivity index (χ1v) is 13.9. The third-order valence-electron chi connectivity index (χ3n) is 6.42. The Balaban J connectivity index is 1.25. The van der Waals surface area contributed by atoms with Crippen LogP contribution in [0, 0.1) is 0 Å². The summed E-state index contributed by atoms with van der Waals surface area (Å²) < 4.78 is 33.0. The molecule has 0 atom stereocenters. The van der Waals surface area contributed by atoms with Crippen molar-refractivity contribution < 1.29 is 17.9 Å². The van der Waals surface area contributed by atoms with Crippen molar-refractivity contribution in [2.24, 2.45) is 0 Å². The van der Waals surface area contributed by atoms with Crippen LogP contribution in [0.2, 0.25) is 0 Å². The summed E-state index contributed by atoms with van der Waals surface area (Å²) in [6, 6.07) is 11.7. The molecule has 2 aromatic rings. The van der Waals surface area contributed by atoms with Crippen molar-refractivity contribution in [1.82, 2.24) is 14.5 Å². The Hall–Kier alpha value is -1.94. The number of hydrogen-bond donors (Lipinski definition) is 1. The van der Waals surface area contributed by atoms with Crippen LogP contribution in [-0.2, 0) is 27.8 Å². The summed E-state index contributed by atoms with van der Waals surface area (Å²) in [5.74, 6) is 0.868. The van der Waals surface area contributed by atoms with Gasteiger partial charge in [-0.25, -0.2) is 8.42 Å². The molecule has 0 unspecified atom stereocenters. The molecule has 0 bridgehead atoms. The fourth-order valence-corrected chi connectivity index (χ4v) is 7.60. The second-order valence-corrected chi connectivity index (χ2v) is 12.1. The Labute approximate surface area is 200 Å². The molecular weight excluding hydrogens is 458 g/mol. The Morgan fingerprint density at radius 2 is 1.79 bits per heavy atom. The van der Waals surface area contributed by atoms with Crippen LogP contribution in [-0.4, -0.2) is 62.9 Å². The summed E-state index contributed by atoms with van der Waals surface area (Å²) in [7, 11) is -1.74. The molecule has 0 spiro atoms. The zero-order valence-electron chi connectivity index (χ0n) is 19.2. The maximum Gasteiger partial charge on any atom is 0.252 e.